The second-order valence-corrected chi connectivity index (χ2v) is 13.1. The van der Waals surface area contributed by atoms with Crippen LogP contribution < -0.4 is 23.7 Å². The number of ether oxygens (including phenoxy) is 5. The van der Waals surface area contributed by atoms with E-state index in [0.29, 0.717) is 39.6 Å². The Morgan fingerprint density at radius 2 is 1.02 bits per heavy atom. The molecule has 266 valence electrons. The van der Waals surface area contributed by atoms with Crippen molar-refractivity contribution in [2.75, 3.05) is 0 Å². The minimum absolute atomic E-state index is 0.0314. The summed E-state index contributed by atoms with van der Waals surface area (Å²) in [7, 11) is 0. The van der Waals surface area contributed by atoms with Gasteiger partial charge in [-0.2, -0.15) is 0 Å². The number of benzene rings is 6. The molecule has 0 bridgehead atoms. The fraction of sp³-hybridized carbons (Fsp3) is 0.111. The Kier molecular flexibility index (Phi) is 12.9. The summed E-state index contributed by atoms with van der Waals surface area (Å²) in [6.07, 6.45) is 3.10. The van der Waals surface area contributed by atoms with Crippen molar-refractivity contribution < 1.29 is 33.3 Å². The lowest BCUT2D eigenvalue weighted by molar-refractivity contribution is -0.131. The van der Waals surface area contributed by atoms with Gasteiger partial charge in [0.1, 0.15) is 55.0 Å². The highest BCUT2D eigenvalue weighted by Crippen LogP contribution is 2.42. The van der Waals surface area contributed by atoms with E-state index in [-0.39, 0.29) is 30.3 Å². The van der Waals surface area contributed by atoms with Crippen LogP contribution in [0.25, 0.3) is 6.08 Å². The van der Waals surface area contributed by atoms with Crippen LogP contribution in [0.5, 0.6) is 28.7 Å². The first-order valence-corrected chi connectivity index (χ1v) is 18.1. The standard InChI is InChI=1S/C45H37IO7/c1-32(47)53-41-27-42(51-30-35-18-10-4-11-19-35)44(46)45(52-31-36-20-12-5-13-21-36)43(41)39(48)25-23-37-22-24-38(49-28-33-14-6-2-7-15-33)26-40(37)50-29-34-16-8-3-9-17-34/h2-27H,28-31H2,1H3/b25-23+. The molecule has 0 aliphatic rings. The molecule has 0 N–H and O–H groups in total. The molecule has 7 nitrogen and oxygen atoms in total. The zero-order valence-electron chi connectivity index (χ0n) is 29.1. The van der Waals surface area contributed by atoms with Gasteiger partial charge in [-0.1, -0.05) is 121 Å². The van der Waals surface area contributed by atoms with Crippen molar-refractivity contribution in [3.05, 3.63) is 189 Å². The van der Waals surface area contributed by atoms with Gasteiger partial charge < -0.3 is 23.7 Å². The smallest absolute Gasteiger partial charge is 0.308 e. The van der Waals surface area contributed by atoms with E-state index in [0.717, 1.165) is 22.3 Å². The highest BCUT2D eigenvalue weighted by molar-refractivity contribution is 14.1. The molecule has 6 rings (SSSR count). The Hall–Kier alpha value is -5.87. The highest BCUT2D eigenvalue weighted by atomic mass is 127. The third-order valence-corrected chi connectivity index (χ3v) is 9.02. The zero-order valence-corrected chi connectivity index (χ0v) is 31.2. The van der Waals surface area contributed by atoms with Gasteiger partial charge in [-0.25, -0.2) is 0 Å². The summed E-state index contributed by atoms with van der Waals surface area (Å²) in [5, 5.41) is 0. The maximum absolute atomic E-state index is 14.2. The van der Waals surface area contributed by atoms with Crippen molar-refractivity contribution in [1.82, 2.24) is 0 Å². The molecule has 0 saturated carbocycles. The van der Waals surface area contributed by atoms with Crippen molar-refractivity contribution in [3.63, 3.8) is 0 Å². The fourth-order valence-corrected chi connectivity index (χ4v) is 6.09. The van der Waals surface area contributed by atoms with Gasteiger partial charge in [0.2, 0.25) is 0 Å². The molecule has 0 fully saturated rings. The Morgan fingerprint density at radius 1 is 0.547 bits per heavy atom. The quantitative estimate of drug-likeness (QED) is 0.0316. The molecule has 8 heteroatoms. The third kappa shape index (κ3) is 10.6. The molecule has 0 spiro atoms. The van der Waals surface area contributed by atoms with Crippen molar-refractivity contribution in [2.24, 2.45) is 0 Å². The number of ketones is 1. The molecule has 0 amide bonds. The third-order valence-electron chi connectivity index (χ3n) is 8.00. The van der Waals surface area contributed by atoms with Crippen LogP contribution >= 0.6 is 22.6 Å². The Bertz CT molecular complexity index is 2150. The molecule has 0 unspecified atom stereocenters. The van der Waals surface area contributed by atoms with Crippen LogP contribution in [0, 0.1) is 3.57 Å². The number of halogens is 1. The van der Waals surface area contributed by atoms with Crippen LogP contribution in [0.1, 0.15) is 45.1 Å². The van der Waals surface area contributed by atoms with Gasteiger partial charge in [0.05, 0.1) is 3.57 Å². The zero-order chi connectivity index (χ0) is 36.8. The maximum atomic E-state index is 14.2. The summed E-state index contributed by atoms with van der Waals surface area (Å²) in [6.45, 7) is 2.42. The molecule has 0 saturated heterocycles. The van der Waals surface area contributed by atoms with Gasteiger partial charge in [-0.05, 0) is 69.1 Å². The molecule has 53 heavy (non-hydrogen) atoms. The lowest BCUT2D eigenvalue weighted by Gasteiger charge is -2.19. The van der Waals surface area contributed by atoms with E-state index in [4.69, 9.17) is 23.7 Å². The molecular weight excluding hydrogens is 779 g/mol. The summed E-state index contributed by atoms with van der Waals surface area (Å²) >= 11 is 2.11. The number of hydrogen-bond acceptors (Lipinski definition) is 7. The number of hydrogen-bond donors (Lipinski definition) is 0. The Labute approximate surface area is 322 Å². The van der Waals surface area contributed by atoms with Crippen LogP contribution in [0.3, 0.4) is 0 Å². The van der Waals surface area contributed by atoms with E-state index >= 15 is 0 Å². The SMILES string of the molecule is CC(=O)Oc1cc(OCc2ccccc2)c(I)c(OCc2ccccc2)c1C(=O)/C=C/c1ccc(OCc2ccccc2)cc1OCc1ccccc1. The van der Waals surface area contributed by atoms with E-state index in [1.165, 1.54) is 13.0 Å². The van der Waals surface area contributed by atoms with E-state index in [1.54, 1.807) is 12.1 Å². The Morgan fingerprint density at radius 3 is 1.53 bits per heavy atom. The van der Waals surface area contributed by atoms with Gasteiger partial charge >= 0.3 is 5.97 Å². The molecule has 0 radical (unpaired) electrons. The van der Waals surface area contributed by atoms with E-state index < -0.39 is 11.8 Å². The van der Waals surface area contributed by atoms with Crippen LogP contribution in [0.2, 0.25) is 0 Å². The summed E-state index contributed by atoms with van der Waals surface area (Å²) in [5.41, 5.74) is 4.63. The summed E-state index contributed by atoms with van der Waals surface area (Å²) < 4.78 is 31.2. The predicted molar refractivity (Wildman–Crippen MR) is 213 cm³/mol. The van der Waals surface area contributed by atoms with E-state index in [2.05, 4.69) is 22.6 Å². The van der Waals surface area contributed by atoms with E-state index in [9.17, 15) is 9.59 Å². The largest absolute Gasteiger partial charge is 0.489 e. The number of rotatable bonds is 16. The average molecular weight is 817 g/mol. The van der Waals surface area contributed by atoms with Gasteiger partial charge in [0.15, 0.2) is 11.5 Å². The number of allylic oxidation sites excluding steroid dienone is 1. The first kappa shape index (κ1) is 36.9. The lowest BCUT2D eigenvalue weighted by atomic mass is 10.1. The molecule has 6 aromatic rings. The van der Waals surface area contributed by atoms with Gasteiger partial charge in [-0.3, -0.25) is 9.59 Å². The molecular formula is C45H37IO7. The van der Waals surface area contributed by atoms with Crippen LogP contribution in [-0.4, -0.2) is 11.8 Å². The summed E-state index contributed by atoms with van der Waals surface area (Å²) in [4.78, 5) is 26.6. The molecule has 0 aromatic heterocycles. The van der Waals surface area contributed by atoms with Crippen molar-refractivity contribution in [3.8, 4) is 28.7 Å². The molecule has 0 atom stereocenters. The van der Waals surface area contributed by atoms with Crippen LogP contribution in [0.4, 0.5) is 0 Å². The Balaban J connectivity index is 1.33. The van der Waals surface area contributed by atoms with Gasteiger partial charge in [0.25, 0.3) is 0 Å². The number of carbonyl (C=O) groups is 2. The fourth-order valence-electron chi connectivity index (χ4n) is 5.35. The van der Waals surface area contributed by atoms with Crippen molar-refractivity contribution in [2.45, 2.75) is 33.4 Å². The van der Waals surface area contributed by atoms with E-state index in [1.807, 2.05) is 140 Å². The minimum Gasteiger partial charge on any atom is -0.489 e. The first-order valence-electron chi connectivity index (χ1n) is 17.0. The second-order valence-electron chi connectivity index (χ2n) is 12.0. The van der Waals surface area contributed by atoms with Crippen LogP contribution in [-0.2, 0) is 31.2 Å². The van der Waals surface area contributed by atoms with Gasteiger partial charge in [-0.15, -0.1) is 0 Å². The average Bonchev–Trinajstić information content (AvgIpc) is 3.19. The maximum Gasteiger partial charge on any atom is 0.308 e. The second kappa shape index (κ2) is 18.6. The summed E-state index contributed by atoms with van der Waals surface area (Å²) in [6, 6.07) is 46.1. The lowest BCUT2D eigenvalue weighted by Crippen LogP contribution is -2.12. The van der Waals surface area contributed by atoms with Crippen molar-refractivity contribution in [1.29, 1.82) is 0 Å². The molecule has 6 aromatic carbocycles. The summed E-state index contributed by atoms with van der Waals surface area (Å²) in [5.74, 6) is 0.820. The molecule has 0 aliphatic carbocycles. The van der Waals surface area contributed by atoms with Crippen molar-refractivity contribution >= 4 is 40.4 Å². The van der Waals surface area contributed by atoms with Crippen LogP contribution in [0.15, 0.2) is 152 Å². The normalized spacial score (nSPS) is 10.8. The predicted octanol–water partition coefficient (Wildman–Crippen LogP) is 10.4. The monoisotopic (exact) mass is 816 g/mol. The molecule has 0 aliphatic heterocycles. The minimum atomic E-state index is -0.588. The van der Waals surface area contributed by atoms with Gasteiger partial charge in [0, 0.05) is 24.6 Å². The topological polar surface area (TPSA) is 80.3 Å². The first-order chi connectivity index (χ1) is 25.9. The number of carbonyl (C=O) groups excluding carboxylic acids is 2. The highest BCUT2D eigenvalue weighted by Gasteiger charge is 2.26. The number of esters is 1. The molecule has 0 heterocycles.